The van der Waals surface area contributed by atoms with Gasteiger partial charge in [-0.1, -0.05) is 23.8 Å². The Bertz CT molecular complexity index is 624. The van der Waals surface area contributed by atoms with Crippen molar-refractivity contribution in [2.45, 2.75) is 0 Å². The highest BCUT2D eigenvalue weighted by molar-refractivity contribution is 7.98. The molecule has 1 N–H and O–H groups in total. The maximum absolute atomic E-state index is 11.0. The molecule has 7 heteroatoms. The number of hydrogen-bond donors (Lipinski definition) is 1. The molecule has 0 aliphatic rings. The first kappa shape index (κ1) is 12.9. The van der Waals surface area contributed by atoms with Crippen molar-refractivity contribution >= 4 is 46.0 Å². The second kappa shape index (κ2) is 5.41. The quantitative estimate of drug-likeness (QED) is 0.688. The van der Waals surface area contributed by atoms with Gasteiger partial charge in [0, 0.05) is 17.2 Å². The molecule has 0 unspecified atom stereocenters. The maximum Gasteiger partial charge on any atom is 0.278 e. The van der Waals surface area contributed by atoms with Gasteiger partial charge in [-0.2, -0.15) is 16.9 Å². The average molecular weight is 284 g/mol. The molecule has 0 aliphatic heterocycles. The van der Waals surface area contributed by atoms with Crippen molar-refractivity contribution in [3.05, 3.63) is 39.0 Å². The van der Waals surface area contributed by atoms with E-state index in [0.717, 1.165) is 5.75 Å². The number of nitro groups is 1. The molecule has 2 aromatic rings. The molecule has 0 spiro atoms. The van der Waals surface area contributed by atoms with Crippen LogP contribution in [0.1, 0.15) is 5.56 Å². The molecule has 0 bridgehead atoms. The summed E-state index contributed by atoms with van der Waals surface area (Å²) in [5, 5.41) is 18.5. The van der Waals surface area contributed by atoms with E-state index in [1.54, 1.807) is 23.9 Å². The smallest absolute Gasteiger partial charge is 0.276 e. The fraction of sp³-hybridized carbons (Fsp3) is 0.182. The fourth-order valence-electron chi connectivity index (χ4n) is 1.60. The lowest BCUT2D eigenvalue weighted by Gasteiger charge is -1.98. The monoisotopic (exact) mass is 283 g/mol. The lowest BCUT2D eigenvalue weighted by molar-refractivity contribution is -0.384. The van der Waals surface area contributed by atoms with Crippen LogP contribution in [0, 0.1) is 10.1 Å². The first-order valence-corrected chi connectivity index (χ1v) is 6.88. The second-order valence-corrected chi connectivity index (χ2v) is 4.85. The molecule has 0 saturated heterocycles. The van der Waals surface area contributed by atoms with E-state index >= 15 is 0 Å². The Kier molecular flexibility index (Phi) is 3.88. The number of nitrogens with one attached hydrogen (secondary N) is 1. The Balaban J connectivity index is 2.56. The Labute approximate surface area is 112 Å². The van der Waals surface area contributed by atoms with Crippen LogP contribution >= 0.6 is 23.4 Å². The van der Waals surface area contributed by atoms with Crippen molar-refractivity contribution in [2.24, 2.45) is 0 Å². The van der Waals surface area contributed by atoms with E-state index in [0.29, 0.717) is 21.6 Å². The lowest BCUT2D eigenvalue weighted by Crippen LogP contribution is -1.91. The van der Waals surface area contributed by atoms with E-state index in [-0.39, 0.29) is 5.69 Å². The van der Waals surface area contributed by atoms with Gasteiger partial charge < -0.3 is 0 Å². The minimum Gasteiger partial charge on any atom is -0.276 e. The number of H-pyrrole nitrogens is 1. The van der Waals surface area contributed by atoms with Crippen LogP contribution in [-0.4, -0.2) is 27.1 Å². The van der Waals surface area contributed by atoms with Crippen LogP contribution in [0.2, 0.25) is 5.15 Å². The Morgan fingerprint density at radius 2 is 2.39 bits per heavy atom. The molecule has 0 aliphatic carbocycles. The first-order chi connectivity index (χ1) is 8.63. The van der Waals surface area contributed by atoms with Gasteiger partial charge in [-0.05, 0) is 12.3 Å². The molecule has 0 atom stereocenters. The second-order valence-electron chi connectivity index (χ2n) is 3.59. The third kappa shape index (κ3) is 2.49. The molecule has 0 fully saturated rings. The Morgan fingerprint density at radius 3 is 3.06 bits per heavy atom. The van der Waals surface area contributed by atoms with E-state index in [9.17, 15) is 10.1 Å². The summed E-state index contributed by atoms with van der Waals surface area (Å²) in [5.41, 5.74) is 1.14. The summed E-state index contributed by atoms with van der Waals surface area (Å²) in [6.45, 7) is 0. The number of nitrogens with zero attached hydrogens (tertiary/aromatic N) is 2. The van der Waals surface area contributed by atoms with Gasteiger partial charge in [0.15, 0.2) is 5.15 Å². The number of aromatic nitrogens is 2. The van der Waals surface area contributed by atoms with Crippen LogP contribution in [0.5, 0.6) is 0 Å². The number of rotatable bonds is 4. The van der Waals surface area contributed by atoms with Gasteiger partial charge in [-0.15, -0.1) is 0 Å². The number of hydrogen-bond acceptors (Lipinski definition) is 4. The van der Waals surface area contributed by atoms with Crippen LogP contribution in [0.3, 0.4) is 0 Å². The number of thioether (sulfide) groups is 1. The number of halogens is 1. The molecular formula is C11H10ClN3O2S. The van der Waals surface area contributed by atoms with Crippen molar-refractivity contribution < 1.29 is 4.92 Å². The van der Waals surface area contributed by atoms with Crippen molar-refractivity contribution in [3.8, 4) is 0 Å². The summed E-state index contributed by atoms with van der Waals surface area (Å²) in [4.78, 5) is 10.6. The molecule has 5 nitrogen and oxygen atoms in total. The van der Waals surface area contributed by atoms with Crippen LogP contribution < -0.4 is 0 Å². The van der Waals surface area contributed by atoms with Gasteiger partial charge in [0.2, 0.25) is 0 Å². The summed E-state index contributed by atoms with van der Waals surface area (Å²) in [5.74, 6) is 0.800. The van der Waals surface area contributed by atoms with Crippen LogP contribution in [-0.2, 0) is 0 Å². The van der Waals surface area contributed by atoms with E-state index in [2.05, 4.69) is 10.2 Å². The molecule has 1 heterocycles. The zero-order chi connectivity index (χ0) is 13.1. The average Bonchev–Trinajstić information content (AvgIpc) is 2.70. The predicted octanol–water partition coefficient (Wildman–Crippen LogP) is 3.50. The van der Waals surface area contributed by atoms with Crippen LogP contribution in [0.15, 0.2) is 18.2 Å². The molecule has 0 saturated carbocycles. The van der Waals surface area contributed by atoms with Crippen LogP contribution in [0.4, 0.5) is 5.69 Å². The van der Waals surface area contributed by atoms with E-state index in [1.807, 2.05) is 12.3 Å². The van der Waals surface area contributed by atoms with Crippen molar-refractivity contribution in [2.75, 3.05) is 12.0 Å². The number of aromatic amines is 1. The predicted molar refractivity (Wildman–Crippen MR) is 75.2 cm³/mol. The lowest BCUT2D eigenvalue weighted by atomic mass is 10.1. The molecule has 1 aromatic heterocycles. The summed E-state index contributed by atoms with van der Waals surface area (Å²) < 4.78 is 0. The molecule has 2 rings (SSSR count). The summed E-state index contributed by atoms with van der Waals surface area (Å²) in [6, 6.07) is 3.13. The first-order valence-electron chi connectivity index (χ1n) is 5.11. The zero-order valence-electron chi connectivity index (χ0n) is 9.51. The Morgan fingerprint density at radius 1 is 1.61 bits per heavy atom. The van der Waals surface area contributed by atoms with Crippen LogP contribution in [0.25, 0.3) is 17.0 Å². The van der Waals surface area contributed by atoms with E-state index in [4.69, 9.17) is 11.6 Å². The topological polar surface area (TPSA) is 71.8 Å². The van der Waals surface area contributed by atoms with Gasteiger partial charge in [-0.3, -0.25) is 15.2 Å². The normalized spacial score (nSPS) is 11.4. The summed E-state index contributed by atoms with van der Waals surface area (Å²) in [7, 11) is 0. The molecular weight excluding hydrogens is 274 g/mol. The molecule has 94 valence electrons. The molecule has 0 amide bonds. The van der Waals surface area contributed by atoms with Crippen molar-refractivity contribution in [1.29, 1.82) is 0 Å². The van der Waals surface area contributed by atoms with E-state index < -0.39 is 4.92 Å². The van der Waals surface area contributed by atoms with Gasteiger partial charge in [0.25, 0.3) is 5.69 Å². The number of fused-ring (bicyclic) bond motifs is 1. The highest BCUT2D eigenvalue weighted by atomic mass is 35.5. The standard InChI is InChI=1S/C11H10ClN3O2S/c1-18-4-2-3-7-5-8-9(13-14-11(8)12)6-10(7)15(16)17/h2-3,5-6H,4H2,1H3,(H,13,14)/b3-2+. The molecule has 1 aromatic carbocycles. The van der Waals surface area contributed by atoms with Gasteiger partial charge in [0.05, 0.1) is 16.0 Å². The zero-order valence-corrected chi connectivity index (χ0v) is 11.1. The molecule has 0 radical (unpaired) electrons. The van der Waals surface area contributed by atoms with Gasteiger partial charge in [0.1, 0.15) is 0 Å². The van der Waals surface area contributed by atoms with Gasteiger partial charge >= 0.3 is 0 Å². The maximum atomic E-state index is 11.0. The highest BCUT2D eigenvalue weighted by Gasteiger charge is 2.15. The highest BCUT2D eigenvalue weighted by Crippen LogP contribution is 2.29. The largest absolute Gasteiger partial charge is 0.278 e. The number of benzene rings is 1. The SMILES string of the molecule is CSC/C=C/c1cc2c(Cl)n[nH]c2cc1[N+](=O)[O-]. The molecule has 18 heavy (non-hydrogen) atoms. The third-order valence-electron chi connectivity index (χ3n) is 2.42. The van der Waals surface area contributed by atoms with E-state index in [1.165, 1.54) is 6.07 Å². The summed E-state index contributed by atoms with van der Waals surface area (Å²) >= 11 is 7.54. The van der Waals surface area contributed by atoms with Gasteiger partial charge in [-0.25, -0.2) is 0 Å². The minimum atomic E-state index is -0.410. The minimum absolute atomic E-state index is 0.0418. The Hall–Kier alpha value is -1.53. The number of nitro benzene ring substituents is 1. The van der Waals surface area contributed by atoms with Crippen molar-refractivity contribution in [3.63, 3.8) is 0 Å². The fourth-order valence-corrected chi connectivity index (χ4v) is 2.09. The van der Waals surface area contributed by atoms with Crippen molar-refractivity contribution in [1.82, 2.24) is 10.2 Å². The third-order valence-corrected chi connectivity index (χ3v) is 3.23. The summed E-state index contributed by atoms with van der Waals surface area (Å²) in [6.07, 6.45) is 5.58.